The molecule has 19 heavy (non-hydrogen) atoms. The molecule has 0 amide bonds. The summed E-state index contributed by atoms with van der Waals surface area (Å²) in [7, 11) is 2.02. The van der Waals surface area contributed by atoms with Gasteiger partial charge >= 0.3 is 0 Å². The van der Waals surface area contributed by atoms with E-state index in [2.05, 4.69) is 28.7 Å². The second-order valence-corrected chi connectivity index (χ2v) is 6.31. The van der Waals surface area contributed by atoms with Crippen LogP contribution >= 0.6 is 0 Å². The first kappa shape index (κ1) is 13.1. The highest BCUT2D eigenvalue weighted by Gasteiger charge is 2.35. The Morgan fingerprint density at radius 2 is 2.11 bits per heavy atom. The fraction of sp³-hybridized carbons (Fsp3) is 0.800. The molecule has 0 bridgehead atoms. The van der Waals surface area contributed by atoms with Gasteiger partial charge in [-0.15, -0.1) is 0 Å². The zero-order valence-electron chi connectivity index (χ0n) is 12.5. The molecule has 0 N–H and O–H groups in total. The summed E-state index contributed by atoms with van der Waals surface area (Å²) in [6.07, 6.45) is 6.22. The van der Waals surface area contributed by atoms with E-state index in [-0.39, 0.29) is 0 Å². The zero-order valence-corrected chi connectivity index (χ0v) is 12.5. The third kappa shape index (κ3) is 2.56. The lowest BCUT2D eigenvalue weighted by Crippen LogP contribution is -2.61. The van der Waals surface area contributed by atoms with Crippen LogP contribution in [0.15, 0.2) is 6.20 Å². The van der Waals surface area contributed by atoms with E-state index >= 15 is 0 Å². The Morgan fingerprint density at radius 1 is 1.32 bits per heavy atom. The van der Waals surface area contributed by atoms with Gasteiger partial charge in [-0.1, -0.05) is 6.42 Å². The molecule has 0 unspecified atom stereocenters. The molecular weight excluding hydrogens is 236 g/mol. The van der Waals surface area contributed by atoms with Crippen molar-refractivity contribution in [3.63, 3.8) is 0 Å². The SMILES string of the molecule is Cc1c(CN2CC(N3CCCC[C@H]3C)C2)cnn1C. The van der Waals surface area contributed by atoms with Crippen molar-refractivity contribution < 1.29 is 0 Å². The van der Waals surface area contributed by atoms with Gasteiger partial charge in [-0.3, -0.25) is 14.5 Å². The van der Waals surface area contributed by atoms with Crippen LogP contribution in [0.5, 0.6) is 0 Å². The van der Waals surface area contributed by atoms with Gasteiger partial charge in [0.15, 0.2) is 0 Å². The Hall–Kier alpha value is -0.870. The molecular formula is C15H26N4. The minimum absolute atomic E-state index is 0.793. The number of likely N-dealkylation sites (tertiary alicyclic amines) is 2. The predicted molar refractivity (Wildman–Crippen MR) is 77.0 cm³/mol. The molecule has 0 aromatic carbocycles. The molecule has 3 heterocycles. The summed E-state index contributed by atoms with van der Waals surface area (Å²) in [5.74, 6) is 0. The first-order valence-electron chi connectivity index (χ1n) is 7.60. The van der Waals surface area contributed by atoms with Crippen molar-refractivity contribution in [2.24, 2.45) is 7.05 Å². The molecule has 106 valence electrons. The largest absolute Gasteiger partial charge is 0.296 e. The number of hydrogen-bond donors (Lipinski definition) is 0. The summed E-state index contributed by atoms with van der Waals surface area (Å²) in [5.41, 5.74) is 2.68. The molecule has 0 spiro atoms. The molecule has 4 nitrogen and oxygen atoms in total. The van der Waals surface area contributed by atoms with E-state index in [0.29, 0.717) is 0 Å². The molecule has 2 fully saturated rings. The summed E-state index contributed by atoms with van der Waals surface area (Å²) in [4.78, 5) is 5.28. The number of piperidine rings is 1. The number of hydrogen-bond acceptors (Lipinski definition) is 3. The standard InChI is InChI=1S/C15H26N4/c1-12-6-4-5-7-19(12)15-10-18(11-15)9-14-8-16-17(3)13(14)2/h8,12,15H,4-7,9-11H2,1-3H3/t12-/m1/s1. The summed E-state index contributed by atoms with van der Waals surface area (Å²) in [6, 6.07) is 1.59. The van der Waals surface area contributed by atoms with Crippen LogP contribution < -0.4 is 0 Å². The van der Waals surface area contributed by atoms with Crippen LogP contribution in [0.25, 0.3) is 0 Å². The molecule has 1 aromatic heterocycles. The minimum atomic E-state index is 0.793. The fourth-order valence-corrected chi connectivity index (χ4v) is 3.48. The predicted octanol–water partition coefficient (Wildman–Crippen LogP) is 1.79. The van der Waals surface area contributed by atoms with Gasteiger partial charge in [0, 0.05) is 50.0 Å². The maximum Gasteiger partial charge on any atom is 0.0537 e. The van der Waals surface area contributed by atoms with Crippen molar-refractivity contribution >= 4 is 0 Å². The van der Waals surface area contributed by atoms with Gasteiger partial charge in [0.05, 0.1) is 6.20 Å². The maximum absolute atomic E-state index is 4.33. The van der Waals surface area contributed by atoms with E-state index in [1.165, 1.54) is 50.2 Å². The van der Waals surface area contributed by atoms with Crippen LogP contribution in [0.1, 0.15) is 37.4 Å². The van der Waals surface area contributed by atoms with Crippen molar-refractivity contribution in [1.82, 2.24) is 19.6 Å². The number of aryl methyl sites for hydroxylation is 1. The summed E-state index contributed by atoms with van der Waals surface area (Å²) < 4.78 is 1.97. The highest BCUT2D eigenvalue weighted by molar-refractivity contribution is 5.16. The first-order chi connectivity index (χ1) is 9.15. The van der Waals surface area contributed by atoms with Gasteiger partial charge in [-0.05, 0) is 33.2 Å². The average molecular weight is 262 g/mol. The Morgan fingerprint density at radius 3 is 2.74 bits per heavy atom. The Kier molecular flexibility index (Phi) is 3.63. The second kappa shape index (κ2) is 5.25. The van der Waals surface area contributed by atoms with Crippen LogP contribution in [-0.2, 0) is 13.6 Å². The molecule has 0 saturated carbocycles. The maximum atomic E-state index is 4.33. The molecule has 3 rings (SSSR count). The lowest BCUT2D eigenvalue weighted by atomic mass is 9.97. The van der Waals surface area contributed by atoms with E-state index in [9.17, 15) is 0 Å². The van der Waals surface area contributed by atoms with Crippen LogP contribution in [0.3, 0.4) is 0 Å². The molecule has 2 aliphatic rings. The van der Waals surface area contributed by atoms with Crippen LogP contribution in [0, 0.1) is 6.92 Å². The highest BCUT2D eigenvalue weighted by Crippen LogP contribution is 2.25. The molecule has 4 heteroatoms. The number of nitrogens with zero attached hydrogens (tertiary/aromatic N) is 4. The van der Waals surface area contributed by atoms with Crippen LogP contribution in [0.4, 0.5) is 0 Å². The average Bonchev–Trinajstić information content (AvgIpc) is 2.66. The van der Waals surface area contributed by atoms with Gasteiger partial charge in [-0.2, -0.15) is 5.10 Å². The van der Waals surface area contributed by atoms with Crippen molar-refractivity contribution in [2.45, 2.75) is 51.7 Å². The van der Waals surface area contributed by atoms with Crippen molar-refractivity contribution in [2.75, 3.05) is 19.6 Å². The van der Waals surface area contributed by atoms with Crippen LogP contribution in [-0.4, -0.2) is 51.3 Å². The van der Waals surface area contributed by atoms with Gasteiger partial charge in [-0.25, -0.2) is 0 Å². The number of aromatic nitrogens is 2. The minimum Gasteiger partial charge on any atom is -0.296 e. The second-order valence-electron chi connectivity index (χ2n) is 6.31. The Labute approximate surface area is 116 Å². The summed E-state index contributed by atoms with van der Waals surface area (Å²) >= 11 is 0. The van der Waals surface area contributed by atoms with Gasteiger partial charge in [0.2, 0.25) is 0 Å². The zero-order chi connectivity index (χ0) is 13.4. The first-order valence-corrected chi connectivity index (χ1v) is 7.60. The summed E-state index contributed by atoms with van der Waals surface area (Å²) in [6.45, 7) is 9.40. The number of rotatable bonds is 3. The fourth-order valence-electron chi connectivity index (χ4n) is 3.48. The highest BCUT2D eigenvalue weighted by atomic mass is 15.3. The molecule has 1 aromatic rings. The molecule has 1 atom stereocenters. The normalized spacial score (nSPS) is 26.6. The van der Waals surface area contributed by atoms with E-state index in [1.54, 1.807) is 0 Å². The summed E-state index contributed by atoms with van der Waals surface area (Å²) in [5, 5.41) is 4.33. The van der Waals surface area contributed by atoms with E-state index in [4.69, 9.17) is 0 Å². The third-order valence-electron chi connectivity index (χ3n) is 4.99. The lowest BCUT2D eigenvalue weighted by molar-refractivity contribution is -0.00629. The van der Waals surface area contributed by atoms with Gasteiger partial charge in [0.1, 0.15) is 0 Å². The monoisotopic (exact) mass is 262 g/mol. The lowest BCUT2D eigenvalue weighted by Gasteiger charge is -2.49. The van der Waals surface area contributed by atoms with Gasteiger partial charge < -0.3 is 0 Å². The smallest absolute Gasteiger partial charge is 0.0537 e. The molecule has 2 aliphatic heterocycles. The van der Waals surface area contributed by atoms with Crippen molar-refractivity contribution in [1.29, 1.82) is 0 Å². The van der Waals surface area contributed by atoms with Crippen LogP contribution in [0.2, 0.25) is 0 Å². The molecule has 2 saturated heterocycles. The van der Waals surface area contributed by atoms with Crippen molar-refractivity contribution in [3.05, 3.63) is 17.5 Å². The van der Waals surface area contributed by atoms with Crippen molar-refractivity contribution in [3.8, 4) is 0 Å². The molecule has 0 radical (unpaired) electrons. The van der Waals surface area contributed by atoms with E-state index in [0.717, 1.165) is 18.6 Å². The quantitative estimate of drug-likeness (QED) is 0.830. The van der Waals surface area contributed by atoms with Gasteiger partial charge in [0.25, 0.3) is 0 Å². The molecule has 0 aliphatic carbocycles. The van der Waals surface area contributed by atoms with E-state index in [1.807, 2.05) is 17.9 Å². The Bertz CT molecular complexity index is 433. The third-order valence-corrected chi connectivity index (χ3v) is 4.99. The Balaban J connectivity index is 1.51. The topological polar surface area (TPSA) is 24.3 Å². The van der Waals surface area contributed by atoms with E-state index < -0.39 is 0 Å².